The van der Waals surface area contributed by atoms with Crippen molar-refractivity contribution in [3.05, 3.63) is 76.6 Å². The second-order valence-electron chi connectivity index (χ2n) is 7.14. The fourth-order valence-corrected chi connectivity index (χ4v) is 3.56. The largest absolute Gasteiger partial charge is 0.454 e. The second-order valence-corrected chi connectivity index (χ2v) is 7.14. The smallest absolute Gasteiger partial charge is 0.266 e. The van der Waals surface area contributed by atoms with Gasteiger partial charge in [-0.15, -0.1) is 0 Å². The number of aryl methyl sites for hydroxylation is 2. The van der Waals surface area contributed by atoms with Crippen LogP contribution in [-0.4, -0.2) is 17.3 Å². The molecule has 2 aromatic carbocycles. The highest BCUT2D eigenvalue weighted by atomic mass is 16.7. The summed E-state index contributed by atoms with van der Waals surface area (Å²) in [6, 6.07) is 17.2. The third-order valence-electron chi connectivity index (χ3n) is 5.14. The number of nitrogens with zero attached hydrogens (tertiary/aromatic N) is 2. The molecule has 1 aliphatic heterocycles. The molecule has 1 aliphatic rings. The van der Waals surface area contributed by atoms with Crippen LogP contribution in [0.3, 0.4) is 0 Å². The minimum Gasteiger partial charge on any atom is -0.454 e. The maximum atomic E-state index is 12.7. The summed E-state index contributed by atoms with van der Waals surface area (Å²) in [5, 5.41) is 12.4. The zero-order valence-electron chi connectivity index (χ0n) is 17.0. The van der Waals surface area contributed by atoms with E-state index < -0.39 is 5.91 Å². The number of carbonyl (C=O) groups excluding carboxylic acids is 1. The predicted molar refractivity (Wildman–Crippen MR) is 115 cm³/mol. The number of anilines is 1. The first-order chi connectivity index (χ1) is 14.5. The Morgan fingerprint density at radius 3 is 2.63 bits per heavy atom. The van der Waals surface area contributed by atoms with E-state index in [1.54, 1.807) is 6.08 Å². The molecule has 1 amide bonds. The number of aromatic nitrogens is 1. The van der Waals surface area contributed by atoms with Crippen molar-refractivity contribution < 1.29 is 14.3 Å². The first-order valence-electron chi connectivity index (χ1n) is 9.55. The zero-order chi connectivity index (χ0) is 21.3. The van der Waals surface area contributed by atoms with Gasteiger partial charge in [0.25, 0.3) is 5.91 Å². The summed E-state index contributed by atoms with van der Waals surface area (Å²) in [5.74, 6) is 0.994. The van der Waals surface area contributed by atoms with Crippen LogP contribution in [-0.2, 0) is 4.79 Å². The Kier molecular flexibility index (Phi) is 5.03. The fourth-order valence-electron chi connectivity index (χ4n) is 3.56. The number of para-hydroxylation sites is 1. The maximum absolute atomic E-state index is 12.7. The van der Waals surface area contributed by atoms with Gasteiger partial charge < -0.3 is 19.4 Å². The van der Waals surface area contributed by atoms with Crippen molar-refractivity contribution in [1.29, 1.82) is 5.26 Å². The quantitative estimate of drug-likeness (QED) is 0.511. The van der Waals surface area contributed by atoms with Gasteiger partial charge in [0.05, 0.1) is 0 Å². The van der Waals surface area contributed by atoms with Gasteiger partial charge in [-0.1, -0.05) is 18.2 Å². The third-order valence-corrected chi connectivity index (χ3v) is 5.14. The average Bonchev–Trinajstić information content (AvgIpc) is 3.31. The normalized spacial score (nSPS) is 12.5. The lowest BCUT2D eigenvalue weighted by molar-refractivity contribution is -0.112. The Hall–Kier alpha value is -3.98. The van der Waals surface area contributed by atoms with E-state index >= 15 is 0 Å². The summed E-state index contributed by atoms with van der Waals surface area (Å²) in [5.41, 5.74) is 5.30. The molecule has 150 valence electrons. The minimum absolute atomic E-state index is 0.0455. The molecular weight excluding hydrogens is 378 g/mol. The van der Waals surface area contributed by atoms with E-state index in [1.807, 2.05) is 75.4 Å². The van der Waals surface area contributed by atoms with Gasteiger partial charge in [-0.2, -0.15) is 5.26 Å². The molecule has 0 bridgehead atoms. The number of hydrogen-bond acceptors (Lipinski definition) is 4. The lowest BCUT2D eigenvalue weighted by Crippen LogP contribution is -2.14. The second kappa shape index (κ2) is 7.80. The number of carbonyl (C=O) groups is 1. The summed E-state index contributed by atoms with van der Waals surface area (Å²) in [6.45, 7) is 6.06. The van der Waals surface area contributed by atoms with Crippen LogP contribution in [0.5, 0.6) is 11.5 Å². The van der Waals surface area contributed by atoms with Gasteiger partial charge in [0.15, 0.2) is 11.5 Å². The van der Waals surface area contributed by atoms with Gasteiger partial charge in [0.2, 0.25) is 6.79 Å². The molecule has 3 aromatic rings. The molecule has 0 unspecified atom stereocenters. The van der Waals surface area contributed by atoms with E-state index in [-0.39, 0.29) is 12.4 Å². The van der Waals surface area contributed by atoms with E-state index in [0.717, 1.165) is 34.0 Å². The van der Waals surface area contributed by atoms with Crippen molar-refractivity contribution in [2.24, 2.45) is 0 Å². The Morgan fingerprint density at radius 2 is 1.87 bits per heavy atom. The molecule has 2 heterocycles. The van der Waals surface area contributed by atoms with Crippen LogP contribution >= 0.6 is 0 Å². The number of hydrogen-bond donors (Lipinski definition) is 1. The Balaban J connectivity index is 1.66. The van der Waals surface area contributed by atoms with E-state index in [4.69, 9.17) is 9.47 Å². The number of fused-ring (bicyclic) bond motifs is 1. The molecule has 6 nitrogen and oxygen atoms in total. The van der Waals surface area contributed by atoms with E-state index in [2.05, 4.69) is 9.88 Å². The highest BCUT2D eigenvalue weighted by Gasteiger charge is 2.17. The molecule has 0 spiro atoms. The molecule has 30 heavy (non-hydrogen) atoms. The summed E-state index contributed by atoms with van der Waals surface area (Å²) >= 11 is 0. The molecule has 0 fully saturated rings. The van der Waals surface area contributed by atoms with Crippen LogP contribution in [0.4, 0.5) is 5.69 Å². The van der Waals surface area contributed by atoms with Crippen molar-refractivity contribution in [2.75, 3.05) is 12.1 Å². The first kappa shape index (κ1) is 19.3. The lowest BCUT2D eigenvalue weighted by Gasteiger charge is -2.10. The van der Waals surface area contributed by atoms with Crippen LogP contribution in [0.15, 0.2) is 54.1 Å². The van der Waals surface area contributed by atoms with Crippen LogP contribution in [0.25, 0.3) is 11.8 Å². The molecule has 0 saturated carbocycles. The minimum atomic E-state index is -0.431. The van der Waals surface area contributed by atoms with Crippen molar-refractivity contribution in [2.45, 2.75) is 20.8 Å². The SMILES string of the molecule is Cc1ccccc1NC(=O)C(C#N)=Cc1cc(C)n(-c2ccc3c(c2)OCO3)c1C. The summed E-state index contributed by atoms with van der Waals surface area (Å²) < 4.78 is 12.9. The predicted octanol–water partition coefficient (Wildman–Crippen LogP) is 4.68. The molecule has 6 heteroatoms. The van der Waals surface area contributed by atoms with Crippen molar-refractivity contribution in [3.63, 3.8) is 0 Å². The van der Waals surface area contributed by atoms with Crippen molar-refractivity contribution in [1.82, 2.24) is 4.57 Å². The molecule has 0 radical (unpaired) electrons. The van der Waals surface area contributed by atoms with Crippen molar-refractivity contribution in [3.8, 4) is 23.3 Å². The topological polar surface area (TPSA) is 76.3 Å². The zero-order valence-corrected chi connectivity index (χ0v) is 17.0. The average molecular weight is 399 g/mol. The molecular formula is C24H21N3O3. The van der Waals surface area contributed by atoms with Crippen molar-refractivity contribution >= 4 is 17.7 Å². The van der Waals surface area contributed by atoms with Gasteiger partial charge in [0, 0.05) is 28.8 Å². The highest BCUT2D eigenvalue weighted by molar-refractivity contribution is 6.10. The number of amides is 1. The first-order valence-corrected chi connectivity index (χ1v) is 9.55. The van der Waals surface area contributed by atoms with Crippen LogP contribution < -0.4 is 14.8 Å². The Labute approximate surface area is 175 Å². The van der Waals surface area contributed by atoms with Crippen LogP contribution in [0, 0.1) is 32.1 Å². The van der Waals surface area contributed by atoms with E-state index in [0.29, 0.717) is 11.4 Å². The number of rotatable bonds is 4. The highest BCUT2D eigenvalue weighted by Crippen LogP contribution is 2.35. The number of ether oxygens (including phenoxy) is 2. The molecule has 0 atom stereocenters. The number of nitriles is 1. The Bertz CT molecular complexity index is 1210. The number of benzene rings is 2. The third kappa shape index (κ3) is 3.53. The number of nitrogens with one attached hydrogen (secondary N) is 1. The van der Waals surface area contributed by atoms with Gasteiger partial charge in [-0.05, 0) is 62.2 Å². The Morgan fingerprint density at radius 1 is 1.10 bits per heavy atom. The summed E-state index contributed by atoms with van der Waals surface area (Å²) in [7, 11) is 0. The van der Waals surface area contributed by atoms with Crippen LogP contribution in [0.1, 0.15) is 22.5 Å². The van der Waals surface area contributed by atoms with E-state index in [9.17, 15) is 10.1 Å². The van der Waals surface area contributed by atoms with E-state index in [1.165, 1.54) is 0 Å². The monoisotopic (exact) mass is 399 g/mol. The molecule has 0 saturated heterocycles. The fraction of sp³-hybridized carbons (Fsp3) is 0.167. The van der Waals surface area contributed by atoms with Gasteiger partial charge in [-0.3, -0.25) is 4.79 Å². The van der Waals surface area contributed by atoms with Crippen LogP contribution in [0.2, 0.25) is 0 Å². The van der Waals surface area contributed by atoms with Gasteiger partial charge in [-0.25, -0.2) is 0 Å². The lowest BCUT2D eigenvalue weighted by atomic mass is 10.1. The molecule has 4 rings (SSSR count). The summed E-state index contributed by atoms with van der Waals surface area (Å²) in [4.78, 5) is 12.7. The standard InChI is InChI=1S/C24H21N3O3/c1-15-6-4-5-7-21(15)26-24(28)19(13-25)11-18-10-16(2)27(17(18)3)20-8-9-22-23(12-20)30-14-29-22/h4-12H,14H2,1-3H3,(H,26,28). The summed E-state index contributed by atoms with van der Waals surface area (Å²) in [6.07, 6.45) is 1.62. The molecule has 0 aliphatic carbocycles. The maximum Gasteiger partial charge on any atom is 0.266 e. The molecule has 1 N–H and O–H groups in total. The molecule has 1 aromatic heterocycles. The van der Waals surface area contributed by atoms with Gasteiger partial charge in [0.1, 0.15) is 11.6 Å². The van der Waals surface area contributed by atoms with Gasteiger partial charge >= 0.3 is 0 Å².